The summed E-state index contributed by atoms with van der Waals surface area (Å²) in [5, 5.41) is 24.1. The zero-order valence-electron chi connectivity index (χ0n) is 16.2. The zero-order valence-corrected chi connectivity index (χ0v) is 16.9. The summed E-state index contributed by atoms with van der Waals surface area (Å²) in [6, 6.07) is 0.296. The number of halogens is 1. The number of aliphatic hydroxyl groups is 2. The molecular weight excluding hydrogens is 402 g/mol. The molecule has 0 unspecified atom stereocenters. The van der Waals surface area contributed by atoms with Gasteiger partial charge in [-0.1, -0.05) is 26.7 Å². The molecular formula is C18H24ClN5O5. The van der Waals surface area contributed by atoms with Crippen molar-refractivity contribution in [3.8, 4) is 0 Å². The van der Waals surface area contributed by atoms with Crippen molar-refractivity contribution in [1.29, 1.82) is 0 Å². The maximum absolute atomic E-state index is 11.9. The van der Waals surface area contributed by atoms with E-state index >= 15 is 0 Å². The topological polar surface area (TPSA) is 132 Å². The lowest BCUT2D eigenvalue weighted by Crippen LogP contribution is -2.34. The minimum Gasteiger partial charge on any atom is -0.432 e. The highest BCUT2D eigenvalue weighted by atomic mass is 35.5. The number of hydrogen-bond donors (Lipinski definition) is 3. The monoisotopic (exact) mass is 425 g/mol. The van der Waals surface area contributed by atoms with E-state index in [0.717, 1.165) is 25.7 Å². The molecule has 1 aliphatic heterocycles. The van der Waals surface area contributed by atoms with Crippen LogP contribution in [-0.4, -0.2) is 60.2 Å². The number of carbonyl (C=O) groups is 1. The molecule has 1 aliphatic carbocycles. The minimum absolute atomic E-state index is 0.0237. The Labute approximate surface area is 172 Å². The highest BCUT2D eigenvalue weighted by molar-refractivity contribution is 6.28. The van der Waals surface area contributed by atoms with Crippen LogP contribution in [0.25, 0.3) is 11.2 Å². The number of nitrogens with one attached hydrogen (secondary N) is 1. The number of hydrogen-bond acceptors (Lipinski definition) is 9. The summed E-state index contributed by atoms with van der Waals surface area (Å²) in [6.45, 7) is 3.33. The van der Waals surface area contributed by atoms with Crippen molar-refractivity contribution in [1.82, 2.24) is 19.5 Å². The number of imidazole rings is 1. The Morgan fingerprint density at radius 3 is 2.72 bits per heavy atom. The number of anilines is 1. The van der Waals surface area contributed by atoms with Gasteiger partial charge in [0.15, 0.2) is 23.2 Å². The lowest BCUT2D eigenvalue weighted by Gasteiger charge is -2.17. The van der Waals surface area contributed by atoms with Crippen molar-refractivity contribution in [3.05, 3.63) is 11.6 Å². The molecule has 2 fully saturated rings. The van der Waals surface area contributed by atoms with E-state index in [-0.39, 0.29) is 5.28 Å². The average Bonchev–Trinajstić information content (AvgIpc) is 3.38. The largest absolute Gasteiger partial charge is 0.432 e. The number of nitrogens with zero attached hydrogens (tertiary/aromatic N) is 4. The second kappa shape index (κ2) is 8.02. The van der Waals surface area contributed by atoms with Crippen LogP contribution < -0.4 is 5.32 Å². The first-order valence-electron chi connectivity index (χ1n) is 9.74. The lowest BCUT2D eigenvalue weighted by atomic mass is 10.2. The van der Waals surface area contributed by atoms with Gasteiger partial charge in [-0.05, 0) is 24.4 Å². The molecule has 29 heavy (non-hydrogen) atoms. The number of aliphatic hydroxyl groups excluding tert-OH is 2. The first kappa shape index (κ1) is 20.3. The zero-order chi connectivity index (χ0) is 20.7. The first-order valence-corrected chi connectivity index (χ1v) is 10.1. The van der Waals surface area contributed by atoms with Crippen LogP contribution in [0.4, 0.5) is 5.82 Å². The van der Waals surface area contributed by atoms with E-state index < -0.39 is 36.6 Å². The molecule has 2 aromatic heterocycles. The molecule has 0 amide bonds. The smallest absolute Gasteiger partial charge is 0.310 e. The third-order valence-corrected chi connectivity index (χ3v) is 5.43. The van der Waals surface area contributed by atoms with E-state index in [1.807, 2.05) is 0 Å². The fourth-order valence-corrected chi connectivity index (χ4v) is 3.81. The molecule has 2 aliphatic rings. The van der Waals surface area contributed by atoms with E-state index in [1.165, 1.54) is 10.9 Å². The van der Waals surface area contributed by atoms with Gasteiger partial charge in [0.25, 0.3) is 0 Å². The summed E-state index contributed by atoms with van der Waals surface area (Å²) in [5.41, 5.74) is 0.826. The Balaban J connectivity index is 1.62. The average molecular weight is 426 g/mol. The summed E-state index contributed by atoms with van der Waals surface area (Å²) < 4.78 is 12.2. The lowest BCUT2D eigenvalue weighted by molar-refractivity contribution is -0.196. The molecule has 0 aromatic carbocycles. The van der Waals surface area contributed by atoms with Crippen LogP contribution in [0, 0.1) is 5.92 Å². The Morgan fingerprint density at radius 1 is 1.31 bits per heavy atom. The molecule has 4 rings (SSSR count). The van der Waals surface area contributed by atoms with Crippen LogP contribution in [-0.2, 0) is 14.3 Å². The van der Waals surface area contributed by atoms with Crippen molar-refractivity contribution in [2.45, 2.75) is 70.3 Å². The molecule has 3 N–H and O–H groups in total. The number of carbonyl (C=O) groups excluding carboxylic acids is 1. The van der Waals surface area contributed by atoms with Gasteiger partial charge in [0, 0.05) is 6.04 Å². The number of rotatable bonds is 5. The highest BCUT2D eigenvalue weighted by Gasteiger charge is 2.46. The van der Waals surface area contributed by atoms with Crippen LogP contribution in [0.2, 0.25) is 5.28 Å². The molecule has 1 saturated heterocycles. The maximum atomic E-state index is 11.9. The SMILES string of the molecule is CC(C)C(=O)O[C@H]1O[C@@H](n2cnc3c(NC4CCCC4)nc(Cl)nc32)[C@H](O)[C@@H]1O. The fourth-order valence-electron chi connectivity index (χ4n) is 3.65. The maximum Gasteiger partial charge on any atom is 0.310 e. The quantitative estimate of drug-likeness (QED) is 0.482. The second-order valence-electron chi connectivity index (χ2n) is 7.76. The second-order valence-corrected chi connectivity index (χ2v) is 8.10. The minimum atomic E-state index is -1.41. The van der Waals surface area contributed by atoms with Crippen LogP contribution in [0.1, 0.15) is 45.8 Å². The normalized spacial score (nSPS) is 27.8. The van der Waals surface area contributed by atoms with Gasteiger partial charge in [0.2, 0.25) is 11.6 Å². The van der Waals surface area contributed by atoms with Gasteiger partial charge in [0.1, 0.15) is 12.2 Å². The van der Waals surface area contributed by atoms with Crippen LogP contribution in [0.15, 0.2) is 6.33 Å². The third kappa shape index (κ3) is 3.89. The van der Waals surface area contributed by atoms with E-state index in [4.69, 9.17) is 21.1 Å². The summed E-state index contributed by atoms with van der Waals surface area (Å²) >= 11 is 6.12. The summed E-state index contributed by atoms with van der Waals surface area (Å²) in [7, 11) is 0. The molecule has 158 valence electrons. The van der Waals surface area contributed by atoms with Gasteiger partial charge in [-0.3, -0.25) is 9.36 Å². The van der Waals surface area contributed by atoms with Gasteiger partial charge < -0.3 is 25.0 Å². The van der Waals surface area contributed by atoms with Crippen molar-refractivity contribution in [2.24, 2.45) is 5.92 Å². The molecule has 11 heteroatoms. The molecule has 1 saturated carbocycles. The van der Waals surface area contributed by atoms with Crippen molar-refractivity contribution in [3.63, 3.8) is 0 Å². The standard InChI is InChI=1S/C18H24ClN5O5/c1-8(2)16(27)29-17-12(26)11(25)15(28-17)24-7-20-10-13(21-9-5-3-4-6-9)22-18(19)23-14(10)24/h7-9,11-12,15,17,25-26H,3-6H2,1-2H3,(H,21,22,23)/t11-,12+,15-,17-/m1/s1. The van der Waals surface area contributed by atoms with Gasteiger partial charge in [-0.2, -0.15) is 9.97 Å². The first-order chi connectivity index (χ1) is 13.8. The molecule has 3 heterocycles. The van der Waals surface area contributed by atoms with E-state index in [1.54, 1.807) is 13.8 Å². The Bertz CT molecular complexity index is 900. The molecule has 0 radical (unpaired) electrons. The highest BCUT2D eigenvalue weighted by Crippen LogP contribution is 2.34. The molecule has 0 spiro atoms. The summed E-state index contributed by atoms with van der Waals surface area (Å²) in [5.74, 6) is -0.417. The number of fused-ring (bicyclic) bond motifs is 1. The number of esters is 1. The number of ether oxygens (including phenoxy) is 2. The van der Waals surface area contributed by atoms with Gasteiger partial charge in [-0.25, -0.2) is 4.98 Å². The van der Waals surface area contributed by atoms with Crippen molar-refractivity contribution in [2.75, 3.05) is 5.32 Å². The van der Waals surface area contributed by atoms with Crippen molar-refractivity contribution < 1.29 is 24.5 Å². The summed E-state index contributed by atoms with van der Waals surface area (Å²) in [4.78, 5) is 24.7. The van der Waals surface area contributed by atoms with E-state index in [2.05, 4.69) is 20.3 Å². The summed E-state index contributed by atoms with van der Waals surface area (Å²) in [6.07, 6.45) is 0.733. The molecule has 4 atom stereocenters. The van der Waals surface area contributed by atoms with E-state index in [9.17, 15) is 15.0 Å². The van der Waals surface area contributed by atoms with Crippen LogP contribution >= 0.6 is 11.6 Å². The fraction of sp³-hybridized carbons (Fsp3) is 0.667. The van der Waals surface area contributed by atoms with Crippen molar-refractivity contribution >= 4 is 34.6 Å². The molecule has 0 bridgehead atoms. The Morgan fingerprint density at radius 2 is 2.03 bits per heavy atom. The Hall–Kier alpha value is -2.01. The molecule has 2 aromatic rings. The molecule has 10 nitrogen and oxygen atoms in total. The predicted molar refractivity (Wildman–Crippen MR) is 103 cm³/mol. The van der Waals surface area contributed by atoms with E-state index in [0.29, 0.717) is 23.0 Å². The Kier molecular flexibility index (Phi) is 5.60. The van der Waals surface area contributed by atoms with Gasteiger partial charge in [-0.15, -0.1) is 0 Å². The van der Waals surface area contributed by atoms with Crippen LogP contribution in [0.3, 0.4) is 0 Å². The van der Waals surface area contributed by atoms with Gasteiger partial charge in [0.05, 0.1) is 12.2 Å². The third-order valence-electron chi connectivity index (χ3n) is 5.26. The number of aromatic nitrogens is 4. The predicted octanol–water partition coefficient (Wildman–Crippen LogP) is 1.61. The van der Waals surface area contributed by atoms with Gasteiger partial charge >= 0.3 is 5.97 Å². The van der Waals surface area contributed by atoms with Crippen LogP contribution in [0.5, 0.6) is 0 Å².